The molecule has 2 atom stereocenters. The topological polar surface area (TPSA) is 30.5 Å². The lowest BCUT2D eigenvalue weighted by Crippen LogP contribution is -2.28. The first kappa shape index (κ1) is 15.3. The van der Waals surface area contributed by atoms with E-state index < -0.39 is 0 Å². The molecule has 1 fully saturated rings. The Balaban J connectivity index is 1.67. The standard InChI is InChI=1S/C17H27NO2/c1-3-11-18-12-16-9-10-17(20-16)13-19-15-7-5-14(4-2)6-8-15/h5-8,16-18H,3-4,9-13H2,1-2H3. The molecular formula is C17H27NO2. The summed E-state index contributed by atoms with van der Waals surface area (Å²) in [6.45, 7) is 7.05. The fourth-order valence-electron chi connectivity index (χ4n) is 2.50. The highest BCUT2D eigenvalue weighted by Crippen LogP contribution is 2.21. The van der Waals surface area contributed by atoms with Crippen LogP contribution in [0.5, 0.6) is 5.75 Å². The van der Waals surface area contributed by atoms with Gasteiger partial charge in [0.25, 0.3) is 0 Å². The molecule has 0 saturated carbocycles. The Hall–Kier alpha value is -1.06. The number of rotatable bonds is 8. The van der Waals surface area contributed by atoms with Crippen molar-refractivity contribution >= 4 is 0 Å². The van der Waals surface area contributed by atoms with Crippen LogP contribution < -0.4 is 10.1 Å². The van der Waals surface area contributed by atoms with Crippen molar-refractivity contribution in [1.82, 2.24) is 5.32 Å². The molecular weight excluding hydrogens is 250 g/mol. The van der Waals surface area contributed by atoms with Crippen LogP contribution in [0.25, 0.3) is 0 Å². The predicted molar refractivity (Wildman–Crippen MR) is 82.4 cm³/mol. The number of aryl methyl sites for hydroxylation is 1. The summed E-state index contributed by atoms with van der Waals surface area (Å²) in [7, 11) is 0. The summed E-state index contributed by atoms with van der Waals surface area (Å²) in [5, 5.41) is 3.42. The third-order valence-electron chi connectivity index (χ3n) is 3.76. The van der Waals surface area contributed by atoms with Gasteiger partial charge in [0, 0.05) is 6.54 Å². The van der Waals surface area contributed by atoms with Gasteiger partial charge < -0.3 is 14.8 Å². The van der Waals surface area contributed by atoms with Crippen molar-refractivity contribution in [2.24, 2.45) is 0 Å². The monoisotopic (exact) mass is 277 g/mol. The first-order valence-electron chi connectivity index (χ1n) is 7.89. The van der Waals surface area contributed by atoms with Gasteiger partial charge in [0.05, 0.1) is 12.2 Å². The summed E-state index contributed by atoms with van der Waals surface area (Å²) in [6.07, 6.45) is 5.09. The van der Waals surface area contributed by atoms with Crippen molar-refractivity contribution in [2.45, 2.75) is 51.7 Å². The number of benzene rings is 1. The molecule has 2 rings (SSSR count). The molecule has 0 aliphatic carbocycles. The van der Waals surface area contributed by atoms with Crippen LogP contribution in [0.4, 0.5) is 0 Å². The zero-order chi connectivity index (χ0) is 14.2. The van der Waals surface area contributed by atoms with Crippen LogP contribution >= 0.6 is 0 Å². The number of hydrogen-bond donors (Lipinski definition) is 1. The molecule has 3 heteroatoms. The molecule has 1 aliphatic rings. The maximum absolute atomic E-state index is 5.99. The van der Waals surface area contributed by atoms with E-state index >= 15 is 0 Å². The van der Waals surface area contributed by atoms with E-state index in [0.717, 1.165) is 38.1 Å². The van der Waals surface area contributed by atoms with Crippen LogP contribution in [0, 0.1) is 0 Å². The van der Waals surface area contributed by atoms with Crippen LogP contribution in [-0.2, 0) is 11.2 Å². The summed E-state index contributed by atoms with van der Waals surface area (Å²) in [5.41, 5.74) is 1.34. The lowest BCUT2D eigenvalue weighted by molar-refractivity contribution is 0.0186. The third-order valence-corrected chi connectivity index (χ3v) is 3.76. The van der Waals surface area contributed by atoms with Gasteiger partial charge in [0.1, 0.15) is 12.4 Å². The molecule has 1 aliphatic heterocycles. The van der Waals surface area contributed by atoms with E-state index in [1.807, 2.05) is 12.1 Å². The Labute approximate surface area is 122 Å². The average Bonchev–Trinajstić information content (AvgIpc) is 2.94. The second-order valence-corrected chi connectivity index (χ2v) is 5.47. The summed E-state index contributed by atoms with van der Waals surface area (Å²) in [5.74, 6) is 0.943. The second-order valence-electron chi connectivity index (χ2n) is 5.47. The summed E-state index contributed by atoms with van der Waals surface area (Å²) < 4.78 is 11.8. The first-order valence-corrected chi connectivity index (χ1v) is 7.89. The van der Waals surface area contributed by atoms with Gasteiger partial charge >= 0.3 is 0 Å². The Kier molecular flexibility index (Phi) is 6.34. The fourth-order valence-corrected chi connectivity index (χ4v) is 2.50. The Morgan fingerprint density at radius 3 is 2.60 bits per heavy atom. The van der Waals surface area contributed by atoms with Crippen molar-refractivity contribution in [3.63, 3.8) is 0 Å². The van der Waals surface area contributed by atoms with Crippen molar-refractivity contribution in [1.29, 1.82) is 0 Å². The van der Waals surface area contributed by atoms with Crippen LogP contribution in [-0.4, -0.2) is 31.9 Å². The minimum Gasteiger partial charge on any atom is -0.491 e. The maximum Gasteiger partial charge on any atom is 0.119 e. The van der Waals surface area contributed by atoms with Crippen molar-refractivity contribution in [3.8, 4) is 5.75 Å². The molecule has 1 heterocycles. The van der Waals surface area contributed by atoms with E-state index in [1.54, 1.807) is 0 Å². The second kappa shape index (κ2) is 8.28. The molecule has 0 aromatic heterocycles. The van der Waals surface area contributed by atoms with Crippen molar-refractivity contribution in [2.75, 3.05) is 19.7 Å². The van der Waals surface area contributed by atoms with Crippen molar-refractivity contribution in [3.05, 3.63) is 29.8 Å². The molecule has 0 radical (unpaired) electrons. The van der Waals surface area contributed by atoms with Gasteiger partial charge in [-0.1, -0.05) is 26.0 Å². The van der Waals surface area contributed by atoms with Gasteiger partial charge in [-0.2, -0.15) is 0 Å². The molecule has 112 valence electrons. The minimum absolute atomic E-state index is 0.245. The smallest absolute Gasteiger partial charge is 0.119 e. The largest absolute Gasteiger partial charge is 0.491 e. The Morgan fingerprint density at radius 2 is 1.90 bits per heavy atom. The molecule has 2 unspecified atom stereocenters. The summed E-state index contributed by atoms with van der Waals surface area (Å²) in [6, 6.07) is 8.35. The SMILES string of the molecule is CCCNCC1CCC(COc2ccc(CC)cc2)O1. The van der Waals surface area contributed by atoms with Gasteiger partial charge in [-0.3, -0.25) is 0 Å². The van der Waals surface area contributed by atoms with Gasteiger partial charge in [0.2, 0.25) is 0 Å². The quantitative estimate of drug-likeness (QED) is 0.740. The van der Waals surface area contributed by atoms with E-state index in [9.17, 15) is 0 Å². The van der Waals surface area contributed by atoms with Crippen LogP contribution in [0.3, 0.4) is 0 Å². The Bertz CT molecular complexity index is 377. The van der Waals surface area contributed by atoms with Gasteiger partial charge in [-0.15, -0.1) is 0 Å². The van der Waals surface area contributed by atoms with E-state index in [2.05, 4.69) is 31.3 Å². The van der Waals surface area contributed by atoms with E-state index in [0.29, 0.717) is 12.7 Å². The fraction of sp³-hybridized carbons (Fsp3) is 0.647. The molecule has 1 saturated heterocycles. The zero-order valence-corrected chi connectivity index (χ0v) is 12.7. The van der Waals surface area contributed by atoms with Gasteiger partial charge in [0.15, 0.2) is 0 Å². The lowest BCUT2D eigenvalue weighted by Gasteiger charge is -2.15. The molecule has 1 aromatic rings. The highest BCUT2D eigenvalue weighted by Gasteiger charge is 2.25. The first-order chi connectivity index (χ1) is 9.81. The van der Waals surface area contributed by atoms with Gasteiger partial charge in [-0.05, 0) is 49.9 Å². The van der Waals surface area contributed by atoms with Crippen LogP contribution in [0.2, 0.25) is 0 Å². The Morgan fingerprint density at radius 1 is 1.15 bits per heavy atom. The van der Waals surface area contributed by atoms with E-state index in [-0.39, 0.29) is 6.10 Å². The highest BCUT2D eigenvalue weighted by atomic mass is 16.5. The molecule has 20 heavy (non-hydrogen) atoms. The third kappa shape index (κ3) is 4.80. The zero-order valence-electron chi connectivity index (χ0n) is 12.7. The molecule has 0 bridgehead atoms. The number of ether oxygens (including phenoxy) is 2. The lowest BCUT2D eigenvalue weighted by atomic mass is 10.2. The van der Waals surface area contributed by atoms with Gasteiger partial charge in [-0.25, -0.2) is 0 Å². The molecule has 0 spiro atoms. The molecule has 0 amide bonds. The number of hydrogen-bond acceptors (Lipinski definition) is 3. The highest BCUT2D eigenvalue weighted by molar-refractivity contribution is 5.27. The number of nitrogens with one attached hydrogen (secondary N) is 1. The van der Waals surface area contributed by atoms with E-state index in [1.165, 1.54) is 12.0 Å². The summed E-state index contributed by atoms with van der Waals surface area (Å²) >= 11 is 0. The molecule has 1 aromatic carbocycles. The maximum atomic E-state index is 5.99. The van der Waals surface area contributed by atoms with E-state index in [4.69, 9.17) is 9.47 Å². The summed E-state index contributed by atoms with van der Waals surface area (Å²) in [4.78, 5) is 0. The van der Waals surface area contributed by atoms with Crippen LogP contribution in [0.1, 0.15) is 38.7 Å². The van der Waals surface area contributed by atoms with Crippen LogP contribution in [0.15, 0.2) is 24.3 Å². The molecule has 1 N–H and O–H groups in total. The van der Waals surface area contributed by atoms with Crippen molar-refractivity contribution < 1.29 is 9.47 Å². The normalized spacial score (nSPS) is 22.1. The average molecular weight is 277 g/mol. The minimum atomic E-state index is 0.245. The molecule has 3 nitrogen and oxygen atoms in total. The predicted octanol–water partition coefficient (Wildman–Crippen LogP) is 3.18.